The van der Waals surface area contributed by atoms with Gasteiger partial charge < -0.3 is 10.0 Å². The number of carboxylic acids is 1. The fraction of sp³-hybridized carbons (Fsp3) is 0.529. The molecule has 1 amide bonds. The molecule has 0 spiro atoms. The Balaban J connectivity index is 1.88. The lowest BCUT2D eigenvalue weighted by Gasteiger charge is -2.33. The van der Waals surface area contributed by atoms with Gasteiger partial charge in [0.25, 0.3) is 0 Å². The molecule has 1 aliphatic heterocycles. The van der Waals surface area contributed by atoms with E-state index in [4.69, 9.17) is 5.11 Å². The summed E-state index contributed by atoms with van der Waals surface area (Å²) in [4.78, 5) is 25.8. The van der Waals surface area contributed by atoms with Crippen molar-refractivity contribution in [1.82, 2.24) is 4.90 Å². The smallest absolute Gasteiger partial charge is 0.308 e. The van der Waals surface area contributed by atoms with Crippen molar-refractivity contribution in [3.63, 3.8) is 0 Å². The van der Waals surface area contributed by atoms with Crippen molar-refractivity contribution < 1.29 is 19.1 Å². The molecule has 118 valence electrons. The van der Waals surface area contributed by atoms with E-state index in [9.17, 15) is 14.0 Å². The van der Waals surface area contributed by atoms with Gasteiger partial charge in [-0.15, -0.1) is 0 Å². The van der Waals surface area contributed by atoms with Gasteiger partial charge in [-0.1, -0.05) is 25.0 Å². The second kappa shape index (κ2) is 5.71. The number of hydrogen-bond donors (Lipinski definition) is 1. The van der Waals surface area contributed by atoms with Gasteiger partial charge in [0.1, 0.15) is 5.82 Å². The van der Waals surface area contributed by atoms with Crippen molar-refractivity contribution in [1.29, 1.82) is 0 Å². The minimum atomic E-state index is -0.846. The van der Waals surface area contributed by atoms with Crippen LogP contribution in [0.5, 0.6) is 0 Å². The fourth-order valence-corrected chi connectivity index (χ4v) is 3.84. The summed E-state index contributed by atoms with van der Waals surface area (Å²) in [6.45, 7) is 0.748. The number of benzene rings is 1. The Kier molecular flexibility index (Phi) is 3.89. The molecule has 0 bridgehead atoms. The highest BCUT2D eigenvalue weighted by molar-refractivity contribution is 5.89. The van der Waals surface area contributed by atoms with Crippen LogP contribution in [0.25, 0.3) is 0 Å². The van der Waals surface area contributed by atoms with Gasteiger partial charge >= 0.3 is 5.97 Å². The molecule has 1 aromatic carbocycles. The highest BCUT2D eigenvalue weighted by Gasteiger charge is 2.46. The molecule has 0 radical (unpaired) electrons. The maximum Gasteiger partial charge on any atom is 0.308 e. The average Bonchev–Trinajstić information content (AvgIpc) is 3.17. The summed E-state index contributed by atoms with van der Waals surface area (Å²) in [5, 5.41) is 9.11. The van der Waals surface area contributed by atoms with Crippen LogP contribution in [0, 0.1) is 11.7 Å². The summed E-state index contributed by atoms with van der Waals surface area (Å²) < 4.78 is 13.6. The van der Waals surface area contributed by atoms with E-state index in [2.05, 4.69) is 0 Å². The first-order chi connectivity index (χ1) is 10.5. The summed E-state index contributed by atoms with van der Waals surface area (Å²) in [5.41, 5.74) is 0.0592. The van der Waals surface area contributed by atoms with E-state index in [0.717, 1.165) is 18.4 Å². The van der Waals surface area contributed by atoms with Crippen molar-refractivity contribution >= 4 is 11.9 Å². The predicted octanol–water partition coefficient (Wildman–Crippen LogP) is 2.57. The maximum atomic E-state index is 13.6. The molecule has 1 heterocycles. The van der Waals surface area contributed by atoms with Gasteiger partial charge in [0, 0.05) is 13.1 Å². The van der Waals surface area contributed by atoms with E-state index in [1.54, 1.807) is 11.0 Å². The summed E-state index contributed by atoms with van der Waals surface area (Å²) in [7, 11) is 0. The van der Waals surface area contributed by atoms with Crippen LogP contribution < -0.4 is 0 Å². The SMILES string of the molecule is O=C(O)[C@H]1CCN(C(=O)C2(c3cccc(F)c3)CCCC2)C1. The summed E-state index contributed by atoms with van der Waals surface area (Å²) in [5.74, 6) is -1.68. The van der Waals surface area contributed by atoms with Gasteiger partial charge in [-0.25, -0.2) is 4.39 Å². The fourth-order valence-electron chi connectivity index (χ4n) is 3.84. The molecular weight excluding hydrogens is 285 g/mol. The van der Waals surface area contributed by atoms with E-state index in [-0.39, 0.29) is 18.3 Å². The van der Waals surface area contributed by atoms with Crippen LogP contribution in [-0.2, 0) is 15.0 Å². The molecule has 1 aromatic rings. The summed E-state index contributed by atoms with van der Waals surface area (Å²) >= 11 is 0. The van der Waals surface area contributed by atoms with Gasteiger partial charge in [0.2, 0.25) is 5.91 Å². The first-order valence-corrected chi connectivity index (χ1v) is 7.81. The Morgan fingerprint density at radius 1 is 1.27 bits per heavy atom. The number of nitrogens with zero attached hydrogens (tertiary/aromatic N) is 1. The van der Waals surface area contributed by atoms with Crippen LogP contribution in [0.15, 0.2) is 24.3 Å². The predicted molar refractivity (Wildman–Crippen MR) is 78.9 cm³/mol. The Morgan fingerprint density at radius 2 is 2.00 bits per heavy atom. The number of carbonyl (C=O) groups excluding carboxylic acids is 1. The van der Waals surface area contributed by atoms with E-state index in [1.807, 2.05) is 6.07 Å². The minimum absolute atomic E-state index is 0.0284. The van der Waals surface area contributed by atoms with Crippen molar-refractivity contribution in [2.45, 2.75) is 37.5 Å². The number of carboxylic acid groups (broad SMARTS) is 1. The quantitative estimate of drug-likeness (QED) is 0.933. The molecule has 2 fully saturated rings. The molecule has 4 nitrogen and oxygen atoms in total. The van der Waals surface area contributed by atoms with Crippen molar-refractivity contribution in [3.05, 3.63) is 35.6 Å². The molecular formula is C17H20FNO3. The first kappa shape index (κ1) is 15.0. The normalized spacial score (nSPS) is 23.7. The van der Waals surface area contributed by atoms with Crippen molar-refractivity contribution in [2.75, 3.05) is 13.1 Å². The number of rotatable bonds is 3. The minimum Gasteiger partial charge on any atom is -0.481 e. The van der Waals surface area contributed by atoms with Crippen LogP contribution in [0.3, 0.4) is 0 Å². The number of halogens is 1. The van der Waals surface area contributed by atoms with Gasteiger partial charge in [0.05, 0.1) is 11.3 Å². The average molecular weight is 305 g/mol. The van der Waals surface area contributed by atoms with Crippen LogP contribution in [0.2, 0.25) is 0 Å². The molecule has 22 heavy (non-hydrogen) atoms. The van der Waals surface area contributed by atoms with Gasteiger partial charge in [-0.3, -0.25) is 9.59 Å². The molecule has 3 rings (SSSR count). The van der Waals surface area contributed by atoms with Crippen LogP contribution >= 0.6 is 0 Å². The van der Waals surface area contributed by atoms with Crippen molar-refractivity contribution in [2.24, 2.45) is 5.92 Å². The standard InChI is InChI=1S/C17H20FNO3/c18-14-5-3-4-13(10-14)17(7-1-2-8-17)16(22)19-9-6-12(11-19)15(20)21/h3-5,10,12H,1-2,6-9,11H2,(H,20,21)/t12-/m0/s1. The van der Waals surface area contributed by atoms with Gasteiger partial charge in [0.15, 0.2) is 0 Å². The van der Waals surface area contributed by atoms with E-state index in [1.165, 1.54) is 12.1 Å². The zero-order valence-electron chi connectivity index (χ0n) is 12.4. The summed E-state index contributed by atoms with van der Waals surface area (Å²) in [6, 6.07) is 6.29. The molecule has 1 saturated heterocycles. The molecule has 1 aliphatic carbocycles. The monoisotopic (exact) mass is 305 g/mol. The molecule has 0 aromatic heterocycles. The van der Waals surface area contributed by atoms with E-state index >= 15 is 0 Å². The molecule has 1 N–H and O–H groups in total. The van der Waals surface area contributed by atoms with E-state index < -0.39 is 17.3 Å². The van der Waals surface area contributed by atoms with Crippen LogP contribution in [0.1, 0.15) is 37.7 Å². The Labute approximate surface area is 128 Å². The number of carbonyl (C=O) groups is 2. The van der Waals surface area contributed by atoms with Gasteiger partial charge in [-0.05, 0) is 37.0 Å². The maximum absolute atomic E-state index is 13.6. The lowest BCUT2D eigenvalue weighted by Crippen LogP contribution is -2.44. The third kappa shape index (κ3) is 2.49. The summed E-state index contributed by atoms with van der Waals surface area (Å²) in [6.07, 6.45) is 3.81. The second-order valence-corrected chi connectivity index (χ2v) is 6.37. The lowest BCUT2D eigenvalue weighted by atomic mass is 9.77. The number of hydrogen-bond acceptors (Lipinski definition) is 2. The third-order valence-corrected chi connectivity index (χ3v) is 5.07. The molecule has 0 unspecified atom stereocenters. The number of amides is 1. The lowest BCUT2D eigenvalue weighted by molar-refractivity contribution is -0.142. The number of aliphatic carboxylic acids is 1. The molecule has 1 atom stereocenters. The van der Waals surface area contributed by atoms with Crippen molar-refractivity contribution in [3.8, 4) is 0 Å². The van der Waals surface area contributed by atoms with Crippen LogP contribution in [0.4, 0.5) is 4.39 Å². The van der Waals surface area contributed by atoms with Crippen LogP contribution in [-0.4, -0.2) is 35.0 Å². The Hall–Kier alpha value is -1.91. The Bertz CT molecular complexity index is 595. The highest BCUT2D eigenvalue weighted by atomic mass is 19.1. The highest BCUT2D eigenvalue weighted by Crippen LogP contribution is 2.43. The van der Waals surface area contributed by atoms with Gasteiger partial charge in [-0.2, -0.15) is 0 Å². The molecule has 2 aliphatic rings. The Morgan fingerprint density at radius 3 is 2.59 bits per heavy atom. The zero-order chi connectivity index (χ0) is 15.7. The second-order valence-electron chi connectivity index (χ2n) is 6.37. The molecule has 1 saturated carbocycles. The third-order valence-electron chi connectivity index (χ3n) is 5.07. The number of likely N-dealkylation sites (tertiary alicyclic amines) is 1. The van der Waals surface area contributed by atoms with E-state index in [0.29, 0.717) is 25.8 Å². The first-order valence-electron chi connectivity index (χ1n) is 7.81. The zero-order valence-corrected chi connectivity index (χ0v) is 12.4. The topological polar surface area (TPSA) is 57.6 Å². The molecule has 5 heteroatoms. The largest absolute Gasteiger partial charge is 0.481 e.